The minimum atomic E-state index is -1.29. The first-order valence-corrected chi connectivity index (χ1v) is 47.1. The molecule has 16 aromatic carbocycles. The van der Waals surface area contributed by atoms with Crippen molar-refractivity contribution in [1.82, 2.24) is 0 Å². The molecule has 16 aromatic rings. The Labute approximate surface area is 789 Å². The van der Waals surface area contributed by atoms with Crippen LogP contribution in [0.15, 0.2) is 291 Å². The molecule has 136 heavy (non-hydrogen) atoms. The van der Waals surface area contributed by atoms with Crippen LogP contribution >= 0.6 is 0 Å². The Morgan fingerprint density at radius 1 is 0.162 bits per heavy atom. The van der Waals surface area contributed by atoms with Crippen molar-refractivity contribution in [3.8, 4) is 138 Å². The van der Waals surface area contributed by atoms with Crippen LogP contribution in [0.5, 0.6) is 138 Å². The Balaban J connectivity index is 0.879. The smallest absolute Gasteiger partial charge is 0.267 e. The van der Waals surface area contributed by atoms with Gasteiger partial charge in [0.1, 0.15) is 138 Å². The molecule has 8 heterocycles. The lowest BCUT2D eigenvalue weighted by Gasteiger charge is -2.38. The van der Waals surface area contributed by atoms with E-state index in [9.17, 15) is 0 Å². The van der Waals surface area contributed by atoms with Crippen LogP contribution in [0.1, 0.15) is 208 Å². The van der Waals surface area contributed by atoms with E-state index in [2.05, 4.69) is 194 Å². The number of hydrogen-bond acceptors (Lipinski definition) is 16. The van der Waals surface area contributed by atoms with Crippen molar-refractivity contribution in [2.24, 2.45) is 0 Å². The number of aryl methyl sites for hydroxylation is 12. The number of hydrogen-bond donors (Lipinski definition) is 0. The van der Waals surface area contributed by atoms with Crippen LogP contribution in [0.3, 0.4) is 0 Å². The Morgan fingerprint density at radius 2 is 0.316 bits per heavy atom. The summed E-state index contributed by atoms with van der Waals surface area (Å²) in [6.07, 6.45) is -0.288. The van der Waals surface area contributed by atoms with E-state index in [1.807, 2.05) is 152 Å². The molecule has 1 aliphatic carbocycles. The first kappa shape index (κ1) is 82.2. The molecule has 25 rings (SSSR count). The highest BCUT2D eigenvalue weighted by Crippen LogP contribution is 2.61. The third kappa shape index (κ3) is 15.5. The molecule has 0 fully saturated rings. The normalized spacial score (nSPS) is 18.3. The lowest BCUT2D eigenvalue weighted by molar-refractivity contribution is -0.0123. The summed E-state index contributed by atoms with van der Waals surface area (Å²) in [4.78, 5) is 0. The number of fused-ring (bicyclic) bond motifs is 16. The average Bonchev–Trinajstić information content (AvgIpc) is 0.725. The van der Waals surface area contributed by atoms with E-state index < -0.39 is 48.8 Å². The van der Waals surface area contributed by atoms with E-state index in [-0.39, 0.29) is 0 Å². The lowest BCUT2D eigenvalue weighted by Crippen LogP contribution is -2.26. The SMILES string of the molecule is Cc1cc(C)c2cc1Oc1cc3cc(c1)C1Oc4cc5c6cc4C(CCc4ccccc4)c4cc7c(cc4O1)OC1Oc4cc8c(cc4C7CCc4ccccc4)C(CCc4ccccc4)c4cc(c7cc4OC(O8)c4cc(cc(c4)Oc4cc(c(C)cc4C)Oc4cc(cc1c4)Oc1cc(c(C)cc1C)O3)Oc1cc(c(C)cc1C)Oc1cc(cc(c1)C(O5)O7)O2)C6CCc1ccccc1. The van der Waals surface area contributed by atoms with Crippen molar-refractivity contribution in [1.29, 1.82) is 0 Å². The van der Waals surface area contributed by atoms with Crippen molar-refractivity contribution in [2.45, 2.75) is 156 Å². The van der Waals surface area contributed by atoms with Crippen LogP contribution in [-0.2, 0) is 25.7 Å². The molecule has 16 heteroatoms. The van der Waals surface area contributed by atoms with Crippen molar-refractivity contribution in [2.75, 3.05) is 0 Å². The number of ether oxygens (including phenoxy) is 16. The maximum Gasteiger partial charge on any atom is 0.267 e. The summed E-state index contributed by atoms with van der Waals surface area (Å²) in [5.74, 6) is 9.33. The Bertz CT molecular complexity index is 6350. The van der Waals surface area contributed by atoms with E-state index in [1.165, 1.54) is 0 Å². The quantitative estimate of drug-likeness (QED) is 0.114. The number of rotatable bonds is 12. The molecule has 0 amide bonds. The highest BCUT2D eigenvalue weighted by Gasteiger charge is 2.44. The van der Waals surface area contributed by atoms with E-state index in [1.54, 1.807) is 0 Å². The molecule has 16 nitrogen and oxygen atoms in total. The molecule has 0 saturated heterocycles. The van der Waals surface area contributed by atoms with Crippen molar-refractivity contribution >= 4 is 0 Å². The van der Waals surface area contributed by atoms with Gasteiger partial charge in [0.05, 0.1) is 0 Å². The predicted octanol–water partition coefficient (Wildman–Crippen LogP) is 31.0. The van der Waals surface area contributed by atoms with Crippen LogP contribution < -0.4 is 75.8 Å². The molecule has 8 aliphatic heterocycles. The van der Waals surface area contributed by atoms with Gasteiger partial charge in [-0.3, -0.25) is 0 Å². The Kier molecular flexibility index (Phi) is 20.1. The summed E-state index contributed by atoms with van der Waals surface area (Å²) >= 11 is 0. The van der Waals surface area contributed by atoms with E-state index in [0.29, 0.717) is 212 Å². The molecule has 0 N–H and O–H groups in total. The Morgan fingerprint density at radius 3 is 0.478 bits per heavy atom. The summed E-state index contributed by atoms with van der Waals surface area (Å²) in [5, 5.41) is 0. The molecular weight excluding hydrogens is 1700 g/mol. The van der Waals surface area contributed by atoms with Gasteiger partial charge in [0, 0.05) is 163 Å². The minimum Gasteiger partial charge on any atom is -0.457 e. The summed E-state index contributed by atoms with van der Waals surface area (Å²) < 4.78 is 124. The third-order valence-electron chi connectivity index (χ3n) is 28.1. The first-order chi connectivity index (χ1) is 66.4. The molecule has 0 saturated carbocycles. The van der Waals surface area contributed by atoms with Crippen LogP contribution in [0.4, 0.5) is 0 Å². The molecule has 0 spiro atoms. The molecular formula is C120H96O16. The maximum atomic E-state index is 8.12. The first-order valence-electron chi connectivity index (χ1n) is 47.1. The van der Waals surface area contributed by atoms with Gasteiger partial charge in [0.15, 0.2) is 0 Å². The van der Waals surface area contributed by atoms with Gasteiger partial charge in [-0.2, -0.15) is 0 Å². The topological polar surface area (TPSA) is 148 Å². The zero-order chi connectivity index (χ0) is 91.2. The standard InChI is InChI=1S/C120H96O16/c1-65-37-66(2)102-57-101(65)121-81-41-77-42-82(49-81)123-103-58-104(68(4)38-67(103)3)125-85-45-79-46-86(51-85)127-107-60-108(72(8)40-71(107)7)128-88-48-80-47-87(52-88)126-106-59-105(69(5)39-70(106)6)124-84-44-78(43-83(50-84)122-102)118-131-111-61-109-93-53-95(111)90(34-30-74-23-15-10-16-24-74)97-55-98-92(36-32-76-27-19-12-20-28-76)100-56-99-91(35-31-75-25-17-11-18-26-75)96-54-94(89(93)33-29-73-21-13-9-14-22-73)110(130-117(77)129-109)62-112(96)133-119(79)135-115(99)64-116(100)136-120(80)134-114(98)63-113(97)132-118/h9-28,37-64,89-92,117-120H,29-36H2,1-8H3. The van der Waals surface area contributed by atoms with Gasteiger partial charge in [-0.25, -0.2) is 0 Å². The van der Waals surface area contributed by atoms with Gasteiger partial charge in [-0.1, -0.05) is 121 Å². The zero-order valence-corrected chi connectivity index (χ0v) is 76.5. The molecule has 672 valence electrons. The van der Waals surface area contributed by atoms with E-state index in [0.717, 1.165) is 111 Å². The van der Waals surface area contributed by atoms with Crippen LogP contribution in [0.2, 0.25) is 0 Å². The summed E-state index contributed by atoms with van der Waals surface area (Å²) in [7, 11) is 0. The molecule has 40 bridgehead atoms. The van der Waals surface area contributed by atoms with Crippen LogP contribution in [-0.4, -0.2) is 0 Å². The fraction of sp³-hybridized carbons (Fsp3) is 0.200. The van der Waals surface area contributed by atoms with Crippen LogP contribution in [0.25, 0.3) is 0 Å². The largest absolute Gasteiger partial charge is 0.457 e. The van der Waals surface area contributed by atoms with Crippen molar-refractivity contribution in [3.63, 3.8) is 0 Å². The molecule has 0 radical (unpaired) electrons. The highest BCUT2D eigenvalue weighted by molar-refractivity contribution is 5.68. The second-order valence-electron chi connectivity index (χ2n) is 37.6. The highest BCUT2D eigenvalue weighted by atomic mass is 16.7. The maximum absolute atomic E-state index is 8.12. The van der Waals surface area contributed by atoms with Crippen molar-refractivity contribution in [3.05, 3.63) is 425 Å². The fourth-order valence-corrected chi connectivity index (χ4v) is 21.2. The van der Waals surface area contributed by atoms with Gasteiger partial charge in [0.25, 0.3) is 25.2 Å². The zero-order valence-electron chi connectivity index (χ0n) is 76.5. The second kappa shape index (κ2) is 33.2. The summed E-state index contributed by atoms with van der Waals surface area (Å²) in [6, 6.07) is 100. The second-order valence-corrected chi connectivity index (χ2v) is 37.6. The summed E-state index contributed by atoms with van der Waals surface area (Å²) in [5.41, 5.74) is 20.7. The Hall–Kier alpha value is -15.7. The molecule has 0 atom stereocenters. The predicted molar refractivity (Wildman–Crippen MR) is 518 cm³/mol. The van der Waals surface area contributed by atoms with Gasteiger partial charge >= 0.3 is 0 Å². The molecule has 9 aliphatic rings. The summed E-state index contributed by atoms with van der Waals surface area (Å²) in [6.45, 7) is 16.2. The number of benzene rings is 16. The molecule has 0 unspecified atom stereocenters. The minimum absolute atomic E-state index is 0.409. The third-order valence-corrected chi connectivity index (χ3v) is 28.1. The van der Waals surface area contributed by atoms with Crippen LogP contribution in [0, 0.1) is 55.4 Å². The van der Waals surface area contributed by atoms with Gasteiger partial charge in [0.2, 0.25) is 0 Å². The lowest BCUT2D eigenvalue weighted by atomic mass is 9.75. The van der Waals surface area contributed by atoms with E-state index in [4.69, 9.17) is 75.8 Å². The van der Waals surface area contributed by atoms with Gasteiger partial charge < -0.3 is 75.8 Å². The fourth-order valence-electron chi connectivity index (χ4n) is 21.2. The molecule has 0 aromatic heterocycles. The van der Waals surface area contributed by atoms with Gasteiger partial charge in [-0.15, -0.1) is 0 Å². The van der Waals surface area contributed by atoms with Gasteiger partial charge in [-0.05, 0) is 271 Å². The van der Waals surface area contributed by atoms with E-state index >= 15 is 0 Å². The average molecular weight is 1790 g/mol. The van der Waals surface area contributed by atoms with Crippen molar-refractivity contribution < 1.29 is 75.8 Å². The monoisotopic (exact) mass is 1790 g/mol.